The van der Waals surface area contributed by atoms with E-state index in [0.717, 1.165) is 24.1 Å². The van der Waals surface area contributed by atoms with Gasteiger partial charge in [-0.05, 0) is 37.5 Å². The van der Waals surface area contributed by atoms with Crippen molar-refractivity contribution in [2.75, 3.05) is 24.6 Å². The van der Waals surface area contributed by atoms with Crippen LogP contribution in [-0.4, -0.2) is 37.6 Å². The Bertz CT molecular complexity index is 554. The van der Waals surface area contributed by atoms with Gasteiger partial charge in [0, 0.05) is 18.2 Å². The predicted molar refractivity (Wildman–Crippen MR) is 79.0 cm³/mol. The molecule has 1 atom stereocenters. The van der Waals surface area contributed by atoms with Crippen molar-refractivity contribution in [1.29, 1.82) is 0 Å². The van der Waals surface area contributed by atoms with Crippen LogP contribution in [0.25, 0.3) is 0 Å². The molecule has 1 aromatic carbocycles. The fraction of sp³-hybridized carbons (Fsp3) is 0.500. The van der Waals surface area contributed by atoms with E-state index < -0.39 is 0 Å². The first-order chi connectivity index (χ1) is 10.1. The molecule has 1 N–H and O–H groups in total. The molecule has 1 aliphatic carbocycles. The van der Waals surface area contributed by atoms with E-state index in [9.17, 15) is 9.59 Å². The maximum Gasteiger partial charge on any atom is 0.253 e. The number of hydrogen-bond acceptors (Lipinski definition) is 3. The van der Waals surface area contributed by atoms with Crippen LogP contribution in [0.4, 0.5) is 5.69 Å². The van der Waals surface area contributed by atoms with Crippen molar-refractivity contribution in [1.82, 2.24) is 5.32 Å². The highest BCUT2D eigenvalue weighted by Crippen LogP contribution is 2.28. The second-order valence-electron chi connectivity index (χ2n) is 5.80. The third-order valence-corrected chi connectivity index (χ3v) is 3.90. The van der Waals surface area contributed by atoms with E-state index in [0.29, 0.717) is 13.1 Å². The summed E-state index contributed by atoms with van der Waals surface area (Å²) in [5.41, 5.74) is 2.01. The Kier molecular flexibility index (Phi) is 3.92. The largest absolute Gasteiger partial charge is 0.365 e. The molecule has 1 saturated heterocycles. The number of benzene rings is 1. The van der Waals surface area contributed by atoms with Gasteiger partial charge in [-0.2, -0.15) is 0 Å². The van der Waals surface area contributed by atoms with Crippen LogP contribution in [0, 0.1) is 12.8 Å². The minimum Gasteiger partial charge on any atom is -0.365 e. The molecule has 1 aliphatic heterocycles. The lowest BCUT2D eigenvalue weighted by atomic mass is 10.1. The standard InChI is InChI=1S/C16H20N2O3/c1-11-3-2-4-13(7-11)18-9-14(21-10-15(18)19)8-17-16(20)12-5-6-12/h2-4,7,12,14H,5-6,8-10H2,1H3,(H,17,20). The summed E-state index contributed by atoms with van der Waals surface area (Å²) in [6, 6.07) is 7.86. The minimum atomic E-state index is -0.147. The molecular formula is C16H20N2O3. The zero-order chi connectivity index (χ0) is 14.8. The van der Waals surface area contributed by atoms with E-state index in [1.165, 1.54) is 0 Å². The van der Waals surface area contributed by atoms with E-state index in [1.807, 2.05) is 31.2 Å². The van der Waals surface area contributed by atoms with Crippen LogP contribution in [0.2, 0.25) is 0 Å². The Labute approximate surface area is 124 Å². The number of aryl methyl sites for hydroxylation is 1. The van der Waals surface area contributed by atoms with E-state index in [-0.39, 0.29) is 30.4 Å². The van der Waals surface area contributed by atoms with Crippen molar-refractivity contribution in [2.45, 2.75) is 25.9 Å². The number of carbonyl (C=O) groups is 2. The van der Waals surface area contributed by atoms with Gasteiger partial charge in [-0.25, -0.2) is 0 Å². The topological polar surface area (TPSA) is 58.6 Å². The monoisotopic (exact) mass is 288 g/mol. The zero-order valence-corrected chi connectivity index (χ0v) is 12.2. The minimum absolute atomic E-state index is 0.0367. The van der Waals surface area contributed by atoms with Crippen molar-refractivity contribution in [3.05, 3.63) is 29.8 Å². The molecule has 2 aliphatic rings. The Morgan fingerprint density at radius 3 is 2.95 bits per heavy atom. The average molecular weight is 288 g/mol. The molecule has 3 rings (SSSR count). The summed E-state index contributed by atoms with van der Waals surface area (Å²) < 4.78 is 5.52. The van der Waals surface area contributed by atoms with Gasteiger partial charge in [0.1, 0.15) is 6.61 Å². The fourth-order valence-corrected chi connectivity index (χ4v) is 2.50. The molecule has 2 amide bonds. The van der Waals surface area contributed by atoms with Crippen LogP contribution in [0.1, 0.15) is 18.4 Å². The molecule has 0 aromatic heterocycles. The molecule has 0 spiro atoms. The summed E-state index contributed by atoms with van der Waals surface area (Å²) in [5, 5.41) is 2.91. The lowest BCUT2D eigenvalue weighted by Crippen LogP contribution is -2.50. The molecular weight excluding hydrogens is 268 g/mol. The Morgan fingerprint density at radius 1 is 1.43 bits per heavy atom. The molecule has 5 nitrogen and oxygen atoms in total. The maximum absolute atomic E-state index is 12.0. The van der Waals surface area contributed by atoms with Gasteiger partial charge in [0.2, 0.25) is 5.91 Å². The average Bonchev–Trinajstić information content (AvgIpc) is 3.30. The quantitative estimate of drug-likeness (QED) is 0.907. The second-order valence-corrected chi connectivity index (χ2v) is 5.80. The molecule has 1 saturated carbocycles. The third-order valence-electron chi connectivity index (χ3n) is 3.90. The van der Waals surface area contributed by atoms with Gasteiger partial charge in [0.15, 0.2) is 0 Å². The van der Waals surface area contributed by atoms with E-state index in [2.05, 4.69) is 5.32 Å². The highest BCUT2D eigenvalue weighted by Gasteiger charge is 2.31. The number of morpholine rings is 1. The first-order valence-corrected chi connectivity index (χ1v) is 7.40. The number of anilines is 1. The first-order valence-electron chi connectivity index (χ1n) is 7.40. The summed E-state index contributed by atoms with van der Waals surface area (Å²) in [5.74, 6) is 0.270. The molecule has 21 heavy (non-hydrogen) atoms. The zero-order valence-electron chi connectivity index (χ0n) is 12.2. The molecule has 0 bridgehead atoms. The molecule has 112 valence electrons. The van der Waals surface area contributed by atoms with Gasteiger partial charge in [-0.1, -0.05) is 12.1 Å². The number of rotatable bonds is 4. The summed E-state index contributed by atoms with van der Waals surface area (Å²) in [7, 11) is 0. The van der Waals surface area contributed by atoms with E-state index >= 15 is 0 Å². The number of nitrogens with zero attached hydrogens (tertiary/aromatic N) is 1. The van der Waals surface area contributed by atoms with Gasteiger partial charge >= 0.3 is 0 Å². The summed E-state index contributed by atoms with van der Waals surface area (Å²) >= 11 is 0. The van der Waals surface area contributed by atoms with Crippen LogP contribution in [0.5, 0.6) is 0 Å². The molecule has 1 aromatic rings. The van der Waals surface area contributed by atoms with Crippen molar-refractivity contribution in [2.24, 2.45) is 5.92 Å². The Morgan fingerprint density at radius 2 is 2.24 bits per heavy atom. The third kappa shape index (κ3) is 3.42. The second kappa shape index (κ2) is 5.85. The number of hydrogen-bond donors (Lipinski definition) is 1. The summed E-state index contributed by atoms with van der Waals surface area (Å²) in [6.45, 7) is 3.01. The lowest BCUT2D eigenvalue weighted by molar-refractivity contribution is -0.129. The maximum atomic E-state index is 12.0. The smallest absolute Gasteiger partial charge is 0.253 e. The van der Waals surface area contributed by atoms with Crippen LogP contribution in [0.15, 0.2) is 24.3 Å². The highest BCUT2D eigenvalue weighted by atomic mass is 16.5. The molecule has 2 fully saturated rings. The number of carbonyl (C=O) groups excluding carboxylic acids is 2. The van der Waals surface area contributed by atoms with Crippen LogP contribution in [-0.2, 0) is 14.3 Å². The van der Waals surface area contributed by atoms with E-state index in [4.69, 9.17) is 4.74 Å². The number of ether oxygens (including phenoxy) is 1. The van der Waals surface area contributed by atoms with Crippen molar-refractivity contribution in [3.63, 3.8) is 0 Å². The van der Waals surface area contributed by atoms with Gasteiger partial charge in [-0.3, -0.25) is 9.59 Å². The van der Waals surface area contributed by atoms with Gasteiger partial charge in [0.05, 0.1) is 12.6 Å². The van der Waals surface area contributed by atoms with Crippen LogP contribution in [0.3, 0.4) is 0 Å². The lowest BCUT2D eigenvalue weighted by Gasteiger charge is -2.33. The Hall–Kier alpha value is -1.88. The summed E-state index contributed by atoms with van der Waals surface area (Å²) in [4.78, 5) is 25.4. The molecule has 1 unspecified atom stereocenters. The van der Waals surface area contributed by atoms with Crippen LogP contribution < -0.4 is 10.2 Å². The van der Waals surface area contributed by atoms with Gasteiger partial charge < -0.3 is 15.0 Å². The van der Waals surface area contributed by atoms with Gasteiger partial charge in [0.25, 0.3) is 5.91 Å². The summed E-state index contributed by atoms with van der Waals surface area (Å²) in [6.07, 6.45) is 1.84. The SMILES string of the molecule is Cc1cccc(N2CC(CNC(=O)C3CC3)OCC2=O)c1. The predicted octanol–water partition coefficient (Wildman–Crippen LogP) is 1.25. The van der Waals surface area contributed by atoms with Crippen molar-refractivity contribution in [3.8, 4) is 0 Å². The molecule has 5 heteroatoms. The van der Waals surface area contributed by atoms with Crippen molar-refractivity contribution < 1.29 is 14.3 Å². The first kappa shape index (κ1) is 14.1. The molecule has 0 radical (unpaired) electrons. The fourth-order valence-electron chi connectivity index (χ4n) is 2.50. The highest BCUT2D eigenvalue weighted by molar-refractivity contribution is 5.95. The van der Waals surface area contributed by atoms with Crippen LogP contribution >= 0.6 is 0 Å². The van der Waals surface area contributed by atoms with Crippen molar-refractivity contribution >= 4 is 17.5 Å². The number of amides is 2. The molecule has 1 heterocycles. The normalized spacial score (nSPS) is 22.2. The Balaban J connectivity index is 1.61. The van der Waals surface area contributed by atoms with Gasteiger partial charge in [-0.15, -0.1) is 0 Å². The number of nitrogens with one attached hydrogen (secondary N) is 1. The van der Waals surface area contributed by atoms with E-state index in [1.54, 1.807) is 4.90 Å².